The average molecular weight is 268 g/mol. The molecule has 0 aromatic carbocycles. The third-order valence-corrected chi connectivity index (χ3v) is 3.59. The van der Waals surface area contributed by atoms with Crippen molar-refractivity contribution >= 4 is 0 Å². The van der Waals surface area contributed by atoms with Crippen LogP contribution < -0.4 is 5.32 Å². The zero-order valence-electron chi connectivity index (χ0n) is 12.7. The Bertz CT molecular complexity index is 335. The minimum absolute atomic E-state index is 0.604. The van der Waals surface area contributed by atoms with E-state index in [4.69, 9.17) is 9.15 Å². The minimum atomic E-state index is 0.604. The molecule has 0 aliphatic rings. The number of ether oxygens (including phenoxy) is 1. The van der Waals surface area contributed by atoms with E-state index in [0.717, 1.165) is 32.0 Å². The topological polar surface area (TPSA) is 37.6 Å². The first-order chi connectivity index (χ1) is 9.26. The number of nitrogens with zero attached hydrogens (tertiary/aromatic N) is 1. The van der Waals surface area contributed by atoms with Crippen LogP contribution in [0.1, 0.15) is 38.0 Å². The maximum atomic E-state index is 5.54. The standard InChI is InChI=1S/C15H28N2O2/c1-5-14(6-2)17(8-10-18-4)12-13-7-9-19-15(13)11-16-3/h7,9,14,16H,5-6,8,10-12H2,1-4H3. The Kier molecular flexibility index (Phi) is 7.79. The van der Waals surface area contributed by atoms with Gasteiger partial charge in [-0.2, -0.15) is 0 Å². The zero-order chi connectivity index (χ0) is 14.1. The predicted molar refractivity (Wildman–Crippen MR) is 78.1 cm³/mol. The van der Waals surface area contributed by atoms with Gasteiger partial charge in [0, 0.05) is 31.8 Å². The molecule has 0 amide bonds. The van der Waals surface area contributed by atoms with Gasteiger partial charge in [0.2, 0.25) is 0 Å². The number of hydrogen-bond acceptors (Lipinski definition) is 4. The van der Waals surface area contributed by atoms with Crippen molar-refractivity contribution in [2.45, 2.75) is 45.8 Å². The van der Waals surface area contributed by atoms with E-state index < -0.39 is 0 Å². The number of methoxy groups -OCH3 is 1. The highest BCUT2D eigenvalue weighted by Gasteiger charge is 2.17. The number of rotatable bonds is 10. The fraction of sp³-hybridized carbons (Fsp3) is 0.733. The van der Waals surface area contributed by atoms with Crippen LogP contribution >= 0.6 is 0 Å². The molecule has 1 aromatic heterocycles. The SMILES string of the molecule is CCC(CC)N(CCOC)Cc1ccoc1CNC. The molecule has 1 rings (SSSR count). The van der Waals surface area contributed by atoms with E-state index in [1.807, 2.05) is 7.05 Å². The van der Waals surface area contributed by atoms with E-state index in [2.05, 4.69) is 30.1 Å². The van der Waals surface area contributed by atoms with E-state index in [-0.39, 0.29) is 0 Å². The normalized spacial score (nSPS) is 11.7. The van der Waals surface area contributed by atoms with Crippen LogP contribution in [-0.2, 0) is 17.8 Å². The van der Waals surface area contributed by atoms with Crippen LogP contribution in [0.5, 0.6) is 0 Å². The Morgan fingerprint density at radius 1 is 1.37 bits per heavy atom. The monoisotopic (exact) mass is 268 g/mol. The minimum Gasteiger partial charge on any atom is -0.468 e. The summed E-state index contributed by atoms with van der Waals surface area (Å²) in [6, 6.07) is 2.68. The highest BCUT2D eigenvalue weighted by atomic mass is 16.5. The van der Waals surface area contributed by atoms with Crippen LogP contribution in [-0.4, -0.2) is 38.3 Å². The largest absolute Gasteiger partial charge is 0.468 e. The van der Waals surface area contributed by atoms with Crippen molar-refractivity contribution in [1.82, 2.24) is 10.2 Å². The summed E-state index contributed by atoms with van der Waals surface area (Å²) in [6.07, 6.45) is 4.11. The van der Waals surface area contributed by atoms with Crippen LogP contribution in [0.2, 0.25) is 0 Å². The van der Waals surface area contributed by atoms with Gasteiger partial charge in [-0.15, -0.1) is 0 Å². The second kappa shape index (κ2) is 9.13. The van der Waals surface area contributed by atoms with Gasteiger partial charge in [0.15, 0.2) is 0 Å². The summed E-state index contributed by atoms with van der Waals surface area (Å²) < 4.78 is 10.8. The molecular formula is C15H28N2O2. The molecule has 0 aliphatic heterocycles. The van der Waals surface area contributed by atoms with Gasteiger partial charge in [-0.05, 0) is 26.0 Å². The third-order valence-electron chi connectivity index (χ3n) is 3.59. The molecule has 0 saturated heterocycles. The maximum Gasteiger partial charge on any atom is 0.122 e. The van der Waals surface area contributed by atoms with Crippen LogP contribution in [0, 0.1) is 0 Å². The molecule has 19 heavy (non-hydrogen) atoms. The van der Waals surface area contributed by atoms with Gasteiger partial charge < -0.3 is 14.5 Å². The van der Waals surface area contributed by atoms with Crippen molar-refractivity contribution in [3.05, 3.63) is 23.7 Å². The highest BCUT2D eigenvalue weighted by Crippen LogP contribution is 2.17. The van der Waals surface area contributed by atoms with Crippen molar-refractivity contribution in [2.24, 2.45) is 0 Å². The van der Waals surface area contributed by atoms with Gasteiger partial charge in [0.25, 0.3) is 0 Å². The Morgan fingerprint density at radius 3 is 2.68 bits per heavy atom. The van der Waals surface area contributed by atoms with E-state index in [0.29, 0.717) is 6.04 Å². The van der Waals surface area contributed by atoms with Gasteiger partial charge in [-0.25, -0.2) is 0 Å². The quantitative estimate of drug-likeness (QED) is 0.708. The molecule has 110 valence electrons. The van der Waals surface area contributed by atoms with Gasteiger partial charge in [-0.3, -0.25) is 4.90 Å². The van der Waals surface area contributed by atoms with Crippen molar-refractivity contribution in [3.8, 4) is 0 Å². The Labute approximate surface area is 117 Å². The zero-order valence-corrected chi connectivity index (χ0v) is 12.7. The molecule has 0 unspecified atom stereocenters. The van der Waals surface area contributed by atoms with Gasteiger partial charge >= 0.3 is 0 Å². The van der Waals surface area contributed by atoms with Crippen LogP contribution in [0.3, 0.4) is 0 Å². The molecule has 4 heteroatoms. The molecule has 0 bridgehead atoms. The Balaban J connectivity index is 2.71. The molecule has 4 nitrogen and oxygen atoms in total. The second-order valence-corrected chi connectivity index (χ2v) is 4.83. The number of hydrogen-bond donors (Lipinski definition) is 1. The van der Waals surface area contributed by atoms with E-state index in [9.17, 15) is 0 Å². The maximum absolute atomic E-state index is 5.54. The first-order valence-electron chi connectivity index (χ1n) is 7.19. The lowest BCUT2D eigenvalue weighted by Gasteiger charge is -2.30. The predicted octanol–water partition coefficient (Wildman–Crippen LogP) is 2.64. The molecule has 0 aliphatic carbocycles. The fourth-order valence-corrected chi connectivity index (χ4v) is 2.45. The lowest BCUT2D eigenvalue weighted by Crippen LogP contribution is -2.36. The molecule has 0 fully saturated rings. The Morgan fingerprint density at radius 2 is 2.11 bits per heavy atom. The van der Waals surface area contributed by atoms with Crippen LogP contribution in [0.15, 0.2) is 16.7 Å². The summed E-state index contributed by atoms with van der Waals surface area (Å²) in [5.74, 6) is 1.04. The van der Waals surface area contributed by atoms with E-state index in [1.165, 1.54) is 18.4 Å². The first-order valence-corrected chi connectivity index (χ1v) is 7.19. The molecule has 1 heterocycles. The van der Waals surface area contributed by atoms with Crippen LogP contribution in [0.4, 0.5) is 0 Å². The average Bonchev–Trinajstić information content (AvgIpc) is 2.85. The lowest BCUT2D eigenvalue weighted by atomic mass is 10.1. The smallest absolute Gasteiger partial charge is 0.122 e. The van der Waals surface area contributed by atoms with Crippen LogP contribution in [0.25, 0.3) is 0 Å². The number of furan rings is 1. The van der Waals surface area contributed by atoms with Gasteiger partial charge in [-0.1, -0.05) is 13.8 Å². The summed E-state index contributed by atoms with van der Waals surface area (Å²) >= 11 is 0. The number of nitrogens with one attached hydrogen (secondary N) is 1. The molecule has 0 spiro atoms. The molecule has 0 saturated carbocycles. The summed E-state index contributed by atoms with van der Waals surface area (Å²) in [5, 5.41) is 3.15. The summed E-state index contributed by atoms with van der Waals surface area (Å²) in [4.78, 5) is 2.49. The molecule has 1 aromatic rings. The fourth-order valence-electron chi connectivity index (χ4n) is 2.45. The van der Waals surface area contributed by atoms with Crippen molar-refractivity contribution in [3.63, 3.8) is 0 Å². The molecule has 1 N–H and O–H groups in total. The summed E-state index contributed by atoms with van der Waals surface area (Å²) in [7, 11) is 3.70. The van der Waals surface area contributed by atoms with Crippen molar-refractivity contribution in [1.29, 1.82) is 0 Å². The van der Waals surface area contributed by atoms with Gasteiger partial charge in [0.05, 0.1) is 19.4 Å². The van der Waals surface area contributed by atoms with E-state index in [1.54, 1.807) is 13.4 Å². The molecular weight excluding hydrogens is 240 g/mol. The van der Waals surface area contributed by atoms with Crippen molar-refractivity contribution < 1.29 is 9.15 Å². The van der Waals surface area contributed by atoms with E-state index >= 15 is 0 Å². The highest BCUT2D eigenvalue weighted by molar-refractivity contribution is 5.17. The van der Waals surface area contributed by atoms with Crippen molar-refractivity contribution in [2.75, 3.05) is 27.3 Å². The first kappa shape index (κ1) is 16.2. The molecule has 0 atom stereocenters. The lowest BCUT2D eigenvalue weighted by molar-refractivity contribution is 0.109. The molecule has 0 radical (unpaired) electrons. The summed E-state index contributed by atoms with van der Waals surface area (Å²) in [5.41, 5.74) is 1.28. The second-order valence-electron chi connectivity index (χ2n) is 4.83. The van der Waals surface area contributed by atoms with Gasteiger partial charge in [0.1, 0.15) is 5.76 Å². The third kappa shape index (κ3) is 4.97. The Hall–Kier alpha value is -0.840. The summed E-state index contributed by atoms with van der Waals surface area (Å²) in [6.45, 7) is 7.95.